The molecule has 1 N–H and O–H groups in total. The first-order valence-corrected chi connectivity index (χ1v) is 6.82. The molecule has 0 saturated heterocycles. The number of ether oxygens (including phenoxy) is 1. The first-order valence-electron chi connectivity index (χ1n) is 6.82. The molecule has 2 heterocycles. The zero-order valence-electron chi connectivity index (χ0n) is 11.3. The van der Waals surface area contributed by atoms with E-state index < -0.39 is 0 Å². The van der Waals surface area contributed by atoms with Gasteiger partial charge in [-0.1, -0.05) is 0 Å². The molecule has 2 aromatic rings. The number of esters is 1. The fraction of sp³-hybridized carbons (Fsp3) is 0.500. The average molecular weight is 275 g/mol. The van der Waals surface area contributed by atoms with Crippen LogP contribution in [0.5, 0.6) is 0 Å². The van der Waals surface area contributed by atoms with Gasteiger partial charge in [-0.15, -0.1) is 0 Å². The molecule has 1 aliphatic carbocycles. The topological polar surface area (TPSA) is 77.0 Å². The van der Waals surface area contributed by atoms with Crippen LogP contribution in [0.15, 0.2) is 23.3 Å². The van der Waals surface area contributed by atoms with Gasteiger partial charge in [0.15, 0.2) is 0 Å². The van der Waals surface area contributed by atoms with Crippen molar-refractivity contribution in [3.63, 3.8) is 0 Å². The Balaban J connectivity index is 1.85. The van der Waals surface area contributed by atoms with Crippen LogP contribution in [-0.2, 0) is 9.53 Å². The van der Waals surface area contributed by atoms with Gasteiger partial charge >= 0.3 is 11.7 Å². The number of rotatable bonds is 2. The summed E-state index contributed by atoms with van der Waals surface area (Å²) in [4.78, 5) is 30.5. The number of nitrogens with zero attached hydrogens (tertiary/aromatic N) is 2. The minimum atomic E-state index is -0.140. The summed E-state index contributed by atoms with van der Waals surface area (Å²) < 4.78 is 6.58. The van der Waals surface area contributed by atoms with Crippen molar-refractivity contribution in [3.8, 4) is 0 Å². The average Bonchev–Trinajstić information content (AvgIpc) is 2.82. The first kappa shape index (κ1) is 12.9. The second-order valence-corrected chi connectivity index (χ2v) is 5.22. The van der Waals surface area contributed by atoms with Crippen LogP contribution in [0.2, 0.25) is 0 Å². The lowest BCUT2D eigenvalue weighted by Crippen LogP contribution is -2.29. The fourth-order valence-electron chi connectivity index (χ4n) is 3.08. The van der Waals surface area contributed by atoms with Crippen LogP contribution in [-0.4, -0.2) is 27.6 Å². The lowest BCUT2D eigenvalue weighted by molar-refractivity contribution is -0.146. The summed E-state index contributed by atoms with van der Waals surface area (Å²) in [5.74, 6) is -0.169. The minimum Gasteiger partial charge on any atom is -0.469 e. The van der Waals surface area contributed by atoms with Gasteiger partial charge in [-0.3, -0.25) is 14.3 Å². The number of hydrogen-bond acceptors (Lipinski definition) is 4. The molecule has 3 rings (SSSR count). The van der Waals surface area contributed by atoms with E-state index in [-0.39, 0.29) is 23.6 Å². The van der Waals surface area contributed by atoms with Crippen LogP contribution in [0.25, 0.3) is 11.0 Å². The molecule has 0 aliphatic heterocycles. The Morgan fingerprint density at radius 2 is 2.15 bits per heavy atom. The summed E-state index contributed by atoms with van der Waals surface area (Å²) in [5, 5.41) is 0. The van der Waals surface area contributed by atoms with Crippen molar-refractivity contribution in [1.82, 2.24) is 14.5 Å². The smallest absolute Gasteiger partial charge is 0.326 e. The molecule has 2 aromatic heterocycles. The number of hydrogen-bond donors (Lipinski definition) is 1. The zero-order chi connectivity index (χ0) is 14.1. The van der Waals surface area contributed by atoms with Crippen LogP contribution in [0.1, 0.15) is 31.7 Å². The summed E-state index contributed by atoms with van der Waals surface area (Å²) in [6.45, 7) is 0. The molecule has 6 heteroatoms. The number of carbonyl (C=O) groups is 1. The SMILES string of the molecule is COC(=O)C1CCC(n2c(=O)[nH]c3cnccc32)CC1. The van der Waals surface area contributed by atoms with Crippen LogP contribution in [0.4, 0.5) is 0 Å². The first-order chi connectivity index (χ1) is 9.70. The number of aromatic amines is 1. The number of fused-ring (bicyclic) bond motifs is 1. The van der Waals surface area contributed by atoms with E-state index in [1.165, 1.54) is 7.11 Å². The van der Waals surface area contributed by atoms with Crippen molar-refractivity contribution in [2.75, 3.05) is 7.11 Å². The van der Waals surface area contributed by atoms with Gasteiger partial charge in [0.05, 0.1) is 30.3 Å². The number of imidazole rings is 1. The lowest BCUT2D eigenvalue weighted by Gasteiger charge is -2.27. The quantitative estimate of drug-likeness (QED) is 0.845. The molecular weight excluding hydrogens is 258 g/mol. The molecular formula is C14H17N3O3. The van der Waals surface area contributed by atoms with Crippen molar-refractivity contribution in [1.29, 1.82) is 0 Å². The van der Waals surface area contributed by atoms with Crippen molar-refractivity contribution in [3.05, 3.63) is 28.9 Å². The Kier molecular flexibility index (Phi) is 3.30. The lowest BCUT2D eigenvalue weighted by atomic mass is 9.86. The molecule has 0 aromatic carbocycles. The van der Waals surface area contributed by atoms with Gasteiger partial charge in [-0.05, 0) is 31.7 Å². The van der Waals surface area contributed by atoms with Crippen molar-refractivity contribution < 1.29 is 9.53 Å². The van der Waals surface area contributed by atoms with E-state index in [9.17, 15) is 9.59 Å². The number of H-pyrrole nitrogens is 1. The number of pyridine rings is 1. The van der Waals surface area contributed by atoms with Gasteiger partial charge in [-0.2, -0.15) is 0 Å². The Hall–Kier alpha value is -2.11. The molecule has 0 radical (unpaired) electrons. The number of nitrogens with one attached hydrogen (secondary N) is 1. The number of methoxy groups -OCH3 is 1. The standard InChI is InChI=1S/C14H17N3O3/c1-20-13(18)9-2-4-10(5-3-9)17-12-6-7-15-8-11(12)16-14(17)19/h6-10H,2-5H2,1H3,(H,16,19). The van der Waals surface area contributed by atoms with E-state index >= 15 is 0 Å². The van der Waals surface area contributed by atoms with E-state index in [0.717, 1.165) is 36.7 Å². The normalized spacial score (nSPS) is 22.9. The number of aromatic nitrogens is 3. The van der Waals surface area contributed by atoms with Gasteiger partial charge in [0.25, 0.3) is 0 Å². The second-order valence-electron chi connectivity index (χ2n) is 5.22. The van der Waals surface area contributed by atoms with Crippen molar-refractivity contribution in [2.24, 2.45) is 5.92 Å². The summed E-state index contributed by atoms with van der Waals surface area (Å²) in [7, 11) is 1.42. The van der Waals surface area contributed by atoms with Gasteiger partial charge in [-0.25, -0.2) is 4.79 Å². The Labute approximate surface area is 115 Å². The minimum absolute atomic E-state index is 0.0289. The van der Waals surface area contributed by atoms with E-state index in [2.05, 4.69) is 9.97 Å². The molecule has 0 bridgehead atoms. The molecule has 106 valence electrons. The predicted octanol–water partition coefficient (Wildman–Crippen LogP) is 1.63. The maximum absolute atomic E-state index is 12.1. The van der Waals surface area contributed by atoms with Crippen molar-refractivity contribution in [2.45, 2.75) is 31.7 Å². The van der Waals surface area contributed by atoms with E-state index in [1.54, 1.807) is 17.0 Å². The fourth-order valence-corrected chi connectivity index (χ4v) is 3.08. The second kappa shape index (κ2) is 5.11. The Bertz CT molecular complexity index is 680. The third-order valence-electron chi connectivity index (χ3n) is 4.11. The predicted molar refractivity (Wildman–Crippen MR) is 73.4 cm³/mol. The maximum atomic E-state index is 12.1. The summed E-state index contributed by atoms with van der Waals surface area (Å²) in [6.07, 6.45) is 6.51. The van der Waals surface area contributed by atoms with Gasteiger partial charge in [0.1, 0.15) is 0 Å². The molecule has 0 atom stereocenters. The molecule has 1 aliphatic rings. The van der Waals surface area contributed by atoms with Crippen LogP contribution >= 0.6 is 0 Å². The maximum Gasteiger partial charge on any atom is 0.326 e. The molecule has 6 nitrogen and oxygen atoms in total. The largest absolute Gasteiger partial charge is 0.469 e. The molecule has 20 heavy (non-hydrogen) atoms. The van der Waals surface area contributed by atoms with E-state index in [1.807, 2.05) is 6.07 Å². The van der Waals surface area contributed by atoms with Gasteiger partial charge < -0.3 is 9.72 Å². The third kappa shape index (κ3) is 2.11. The Morgan fingerprint density at radius 1 is 1.40 bits per heavy atom. The van der Waals surface area contributed by atoms with Gasteiger partial charge in [0.2, 0.25) is 0 Å². The summed E-state index contributed by atoms with van der Waals surface area (Å²) in [6, 6.07) is 1.99. The van der Waals surface area contributed by atoms with Crippen LogP contribution < -0.4 is 5.69 Å². The highest BCUT2D eigenvalue weighted by Crippen LogP contribution is 2.33. The molecule has 1 fully saturated rings. The van der Waals surface area contributed by atoms with E-state index in [4.69, 9.17) is 4.74 Å². The van der Waals surface area contributed by atoms with E-state index in [0.29, 0.717) is 0 Å². The Morgan fingerprint density at radius 3 is 2.85 bits per heavy atom. The number of carbonyl (C=O) groups excluding carboxylic acids is 1. The van der Waals surface area contributed by atoms with Gasteiger partial charge in [0, 0.05) is 12.2 Å². The summed E-state index contributed by atoms with van der Waals surface area (Å²) in [5.41, 5.74) is 1.54. The third-order valence-corrected chi connectivity index (χ3v) is 4.11. The molecule has 0 unspecified atom stereocenters. The van der Waals surface area contributed by atoms with Crippen molar-refractivity contribution >= 4 is 17.0 Å². The highest BCUT2D eigenvalue weighted by atomic mass is 16.5. The highest BCUT2D eigenvalue weighted by molar-refractivity contribution is 5.74. The summed E-state index contributed by atoms with van der Waals surface area (Å²) >= 11 is 0. The molecule has 0 spiro atoms. The molecule has 0 amide bonds. The highest BCUT2D eigenvalue weighted by Gasteiger charge is 2.29. The molecule has 1 saturated carbocycles. The van der Waals surface area contributed by atoms with Crippen LogP contribution in [0, 0.1) is 5.92 Å². The zero-order valence-corrected chi connectivity index (χ0v) is 11.3. The monoisotopic (exact) mass is 275 g/mol. The van der Waals surface area contributed by atoms with Crippen LogP contribution in [0.3, 0.4) is 0 Å².